The van der Waals surface area contributed by atoms with Gasteiger partial charge in [0.2, 0.25) is 0 Å². The molecule has 2 rings (SSSR count). The van der Waals surface area contributed by atoms with Crippen molar-refractivity contribution in [2.45, 2.75) is 188 Å². The van der Waals surface area contributed by atoms with Crippen LogP contribution >= 0.6 is 33.2 Å². The number of halogens is 3. The number of hydrogen-bond donors (Lipinski definition) is 0. The minimum atomic E-state index is -2.55. The van der Waals surface area contributed by atoms with Crippen LogP contribution < -0.4 is 10.4 Å². The van der Waals surface area contributed by atoms with Crippen molar-refractivity contribution in [3.8, 4) is 0 Å². The summed E-state index contributed by atoms with van der Waals surface area (Å²) in [7, 11) is -2.55. The average Bonchev–Trinajstić information content (AvgIpc) is 3.13. The van der Waals surface area contributed by atoms with Crippen molar-refractivity contribution in [1.82, 2.24) is 0 Å². The zero-order valence-corrected chi connectivity index (χ0v) is 37.7. The zero-order valence-electron chi connectivity index (χ0n) is 33.4. The standard InChI is InChI=1S/C28H57Cl3Si.C16H20O2Si/c1-3-5-6-7-8-9-10-11-12-13-14-15-16-17-18-19-20-21-22-23-24-25-26-28(4-2)27-32(29,30)31;1-3-17-19(18-4-2,15-11-7-5-8-12-15)16-13-9-6-10-14-16/h28H,3-27H2,1-2H3;5-14H,3-4H2,1-2H3. The number of rotatable bonds is 32. The van der Waals surface area contributed by atoms with Gasteiger partial charge in [-0.05, 0) is 36.2 Å². The maximum absolute atomic E-state index is 6.16. The summed E-state index contributed by atoms with van der Waals surface area (Å²) in [6.45, 7) is 9.87. The van der Waals surface area contributed by atoms with E-state index in [1.54, 1.807) is 0 Å². The molecule has 0 aromatic heterocycles. The van der Waals surface area contributed by atoms with Crippen molar-refractivity contribution >= 4 is 58.2 Å². The highest BCUT2D eigenvalue weighted by atomic mass is 35.8. The lowest BCUT2D eigenvalue weighted by Crippen LogP contribution is -2.63. The lowest BCUT2D eigenvalue weighted by molar-refractivity contribution is 0.208. The molecule has 2 aromatic rings. The Morgan fingerprint density at radius 3 is 1.04 bits per heavy atom. The summed E-state index contributed by atoms with van der Waals surface area (Å²) in [4.78, 5) is 0. The molecule has 0 fully saturated rings. The Morgan fingerprint density at radius 1 is 0.451 bits per heavy atom. The van der Waals surface area contributed by atoms with E-state index in [2.05, 4.69) is 38.1 Å². The molecule has 1 unspecified atom stereocenters. The van der Waals surface area contributed by atoms with Crippen LogP contribution in [0.25, 0.3) is 0 Å². The van der Waals surface area contributed by atoms with Gasteiger partial charge in [0.1, 0.15) is 0 Å². The third-order valence-corrected chi connectivity index (χ3v) is 16.1. The van der Waals surface area contributed by atoms with Crippen LogP contribution in [0.2, 0.25) is 6.04 Å². The van der Waals surface area contributed by atoms with E-state index in [9.17, 15) is 0 Å². The Kier molecular flexibility index (Phi) is 31.5. The molecule has 0 bridgehead atoms. The molecular weight excluding hydrogens is 723 g/mol. The summed E-state index contributed by atoms with van der Waals surface area (Å²) in [5.41, 5.74) is 0. The van der Waals surface area contributed by atoms with Crippen molar-refractivity contribution in [2.24, 2.45) is 5.92 Å². The molecule has 0 saturated heterocycles. The molecule has 7 heteroatoms. The van der Waals surface area contributed by atoms with Crippen molar-refractivity contribution in [3.63, 3.8) is 0 Å². The quantitative estimate of drug-likeness (QED) is 0.0417. The highest BCUT2D eigenvalue weighted by Gasteiger charge is 2.41. The van der Waals surface area contributed by atoms with Crippen LogP contribution in [0.4, 0.5) is 0 Å². The van der Waals surface area contributed by atoms with Crippen molar-refractivity contribution in [1.29, 1.82) is 0 Å². The molecule has 51 heavy (non-hydrogen) atoms. The molecule has 0 aliphatic carbocycles. The highest BCUT2D eigenvalue weighted by molar-refractivity contribution is 7.64. The SMILES string of the molecule is CCCCCCCCCCCCCCCCCCCCCCCCC(CC)C[Si](Cl)(Cl)Cl.CCO[Si](OCC)(c1ccccc1)c1ccccc1. The van der Waals surface area contributed by atoms with Crippen LogP contribution in [-0.2, 0) is 8.85 Å². The average molecular weight is 801 g/mol. The number of benzene rings is 2. The first-order valence-corrected chi connectivity index (χ1v) is 28.3. The fraction of sp³-hybridized carbons (Fsp3) is 0.727. The molecule has 0 aliphatic rings. The molecule has 0 saturated carbocycles. The van der Waals surface area contributed by atoms with E-state index in [0.717, 1.165) is 22.8 Å². The maximum Gasteiger partial charge on any atom is 0.407 e. The van der Waals surface area contributed by atoms with Crippen LogP contribution in [0.3, 0.4) is 0 Å². The van der Waals surface area contributed by atoms with Gasteiger partial charge >= 0.3 is 14.6 Å². The van der Waals surface area contributed by atoms with Gasteiger partial charge in [0.25, 0.3) is 0 Å². The van der Waals surface area contributed by atoms with Gasteiger partial charge in [-0.25, -0.2) is 0 Å². The summed E-state index contributed by atoms with van der Waals surface area (Å²) in [5, 5.41) is 2.31. The molecule has 294 valence electrons. The van der Waals surface area contributed by atoms with E-state index >= 15 is 0 Å². The normalized spacial score (nSPS) is 12.5. The maximum atomic E-state index is 6.16. The van der Waals surface area contributed by atoms with Crippen LogP contribution in [0.1, 0.15) is 182 Å². The summed E-state index contributed by atoms with van der Waals surface area (Å²) >= 11 is 18.2. The van der Waals surface area contributed by atoms with E-state index in [-0.39, 0.29) is 0 Å². The summed E-state index contributed by atoms with van der Waals surface area (Å²) in [5.74, 6) is 0.624. The van der Waals surface area contributed by atoms with Crippen LogP contribution in [0, 0.1) is 5.92 Å². The molecule has 0 spiro atoms. The number of hydrogen-bond acceptors (Lipinski definition) is 2. The van der Waals surface area contributed by atoms with Gasteiger partial charge in [0.05, 0.1) is 0 Å². The van der Waals surface area contributed by atoms with Crippen LogP contribution in [0.5, 0.6) is 0 Å². The number of unbranched alkanes of at least 4 members (excludes halogenated alkanes) is 21. The molecule has 2 aromatic carbocycles. The zero-order chi connectivity index (χ0) is 37.3. The molecule has 0 amide bonds. The van der Waals surface area contributed by atoms with Gasteiger partial charge in [0.15, 0.2) is 0 Å². The Labute approximate surface area is 332 Å². The summed E-state index contributed by atoms with van der Waals surface area (Å²) in [6.07, 6.45) is 34.1. The van der Waals surface area contributed by atoms with Gasteiger partial charge in [-0.2, -0.15) is 0 Å². The Hall–Kier alpha value is -0.336. The predicted octanol–water partition coefficient (Wildman–Crippen LogP) is 15.0. The summed E-state index contributed by atoms with van der Waals surface area (Å²) in [6, 6.07) is 19.0. The van der Waals surface area contributed by atoms with Crippen LogP contribution in [-0.4, -0.2) is 27.8 Å². The molecule has 1 atom stereocenters. The molecule has 0 aliphatic heterocycles. The predicted molar refractivity (Wildman–Crippen MR) is 235 cm³/mol. The van der Waals surface area contributed by atoms with Crippen molar-refractivity contribution in [3.05, 3.63) is 60.7 Å². The fourth-order valence-corrected chi connectivity index (χ4v) is 13.4. The monoisotopic (exact) mass is 798 g/mol. The smallest absolute Gasteiger partial charge is 0.388 e. The van der Waals surface area contributed by atoms with E-state index in [1.807, 2.05) is 50.2 Å². The van der Waals surface area contributed by atoms with Gasteiger partial charge < -0.3 is 8.85 Å². The second-order valence-electron chi connectivity index (χ2n) is 14.5. The highest BCUT2D eigenvalue weighted by Crippen LogP contribution is 2.33. The molecule has 0 radical (unpaired) electrons. The minimum absolute atomic E-state index is 0.624. The van der Waals surface area contributed by atoms with Crippen LogP contribution in [0.15, 0.2) is 60.7 Å². The van der Waals surface area contributed by atoms with E-state index < -0.39 is 14.6 Å². The first kappa shape index (κ1) is 48.7. The minimum Gasteiger partial charge on any atom is -0.388 e. The van der Waals surface area contributed by atoms with Crippen molar-refractivity contribution < 1.29 is 8.85 Å². The lowest BCUT2D eigenvalue weighted by Gasteiger charge is -2.30. The second kappa shape index (κ2) is 33.0. The Bertz CT molecular complexity index is 959. The van der Waals surface area contributed by atoms with E-state index in [0.29, 0.717) is 19.1 Å². The molecule has 2 nitrogen and oxygen atoms in total. The lowest BCUT2D eigenvalue weighted by atomic mass is 9.99. The fourth-order valence-electron chi connectivity index (χ4n) is 7.08. The van der Waals surface area contributed by atoms with E-state index in [4.69, 9.17) is 42.1 Å². The van der Waals surface area contributed by atoms with Gasteiger partial charge in [-0.1, -0.05) is 229 Å². The molecule has 0 N–H and O–H groups in total. The molecule has 0 heterocycles. The van der Waals surface area contributed by atoms with Gasteiger partial charge in [0, 0.05) is 13.2 Å². The Morgan fingerprint density at radius 2 is 0.765 bits per heavy atom. The van der Waals surface area contributed by atoms with Crippen molar-refractivity contribution in [2.75, 3.05) is 13.2 Å². The second-order valence-corrected chi connectivity index (χ2v) is 26.7. The van der Waals surface area contributed by atoms with Gasteiger partial charge in [-0.3, -0.25) is 0 Å². The third kappa shape index (κ3) is 25.4. The van der Waals surface area contributed by atoms with Gasteiger partial charge in [-0.15, -0.1) is 33.2 Å². The third-order valence-electron chi connectivity index (χ3n) is 10.1. The first-order valence-electron chi connectivity index (χ1n) is 21.3. The molecular formula is C44H77Cl3O2Si2. The first-order chi connectivity index (χ1) is 24.8. The van der Waals surface area contributed by atoms with E-state index in [1.165, 1.54) is 148 Å². The largest absolute Gasteiger partial charge is 0.407 e. The Balaban J connectivity index is 0.000000575. The topological polar surface area (TPSA) is 18.5 Å². The summed E-state index contributed by atoms with van der Waals surface area (Å²) < 4.78 is 12.3.